The summed E-state index contributed by atoms with van der Waals surface area (Å²) in [6, 6.07) is 4.74. The van der Waals surface area contributed by atoms with Gasteiger partial charge in [-0.3, -0.25) is 0 Å². The predicted octanol–water partition coefficient (Wildman–Crippen LogP) is 3.97. The molecule has 4 atom stereocenters. The van der Waals surface area contributed by atoms with Crippen LogP contribution in [0.5, 0.6) is 0 Å². The zero-order valence-corrected chi connectivity index (χ0v) is 13.5. The molecule has 4 unspecified atom stereocenters. The molecule has 19 heavy (non-hydrogen) atoms. The van der Waals surface area contributed by atoms with E-state index in [0.717, 1.165) is 5.75 Å². The normalized spacial score (nSPS) is 29.2. The maximum absolute atomic E-state index is 13.8. The fourth-order valence-electron chi connectivity index (χ4n) is 2.13. The molecule has 5 heteroatoms. The molecule has 1 aliphatic heterocycles. The average Bonchev–Trinajstić information content (AvgIpc) is 2.37. The van der Waals surface area contributed by atoms with Gasteiger partial charge in [-0.2, -0.15) is 23.5 Å². The van der Waals surface area contributed by atoms with Gasteiger partial charge in [-0.25, -0.2) is 4.39 Å². The molecule has 0 aromatic heterocycles. The van der Waals surface area contributed by atoms with Crippen molar-refractivity contribution in [3.8, 4) is 0 Å². The van der Waals surface area contributed by atoms with E-state index in [2.05, 4.69) is 13.8 Å². The van der Waals surface area contributed by atoms with Crippen molar-refractivity contribution >= 4 is 35.1 Å². The van der Waals surface area contributed by atoms with Crippen LogP contribution in [0.4, 0.5) is 4.39 Å². The molecule has 0 spiro atoms. The third-order valence-corrected chi connectivity index (χ3v) is 7.48. The van der Waals surface area contributed by atoms with Gasteiger partial charge < -0.3 is 5.73 Å². The lowest BCUT2D eigenvalue weighted by molar-refractivity contribution is 0.583. The van der Waals surface area contributed by atoms with Crippen LogP contribution in [0.3, 0.4) is 0 Å². The van der Waals surface area contributed by atoms with Crippen LogP contribution in [-0.4, -0.2) is 27.5 Å². The molecule has 2 rings (SSSR count). The summed E-state index contributed by atoms with van der Waals surface area (Å²) in [6.07, 6.45) is 0.505. The number of hydrogen-bond acceptors (Lipinski definition) is 3. The van der Waals surface area contributed by atoms with Crippen molar-refractivity contribution in [2.75, 3.05) is 5.75 Å². The van der Waals surface area contributed by atoms with Gasteiger partial charge >= 0.3 is 0 Å². The Morgan fingerprint density at radius 3 is 2.79 bits per heavy atom. The van der Waals surface area contributed by atoms with E-state index in [1.165, 1.54) is 6.07 Å². The van der Waals surface area contributed by atoms with Gasteiger partial charge in [-0.05, 0) is 18.6 Å². The van der Waals surface area contributed by atoms with Gasteiger partial charge in [0.05, 0.1) is 0 Å². The Kier molecular flexibility index (Phi) is 5.46. The number of thioether (sulfide) groups is 2. The molecule has 1 aliphatic rings. The van der Waals surface area contributed by atoms with Crippen LogP contribution in [0.2, 0.25) is 5.02 Å². The van der Waals surface area contributed by atoms with Crippen LogP contribution < -0.4 is 5.73 Å². The molecule has 1 heterocycles. The Balaban J connectivity index is 2.03. The van der Waals surface area contributed by atoms with Gasteiger partial charge in [-0.1, -0.05) is 31.5 Å². The molecule has 2 N–H and O–H groups in total. The lowest BCUT2D eigenvalue weighted by atomic mass is 10.0. The number of rotatable bonds is 3. The number of nitrogens with two attached hydrogens (primary N) is 1. The predicted molar refractivity (Wildman–Crippen MR) is 85.9 cm³/mol. The summed E-state index contributed by atoms with van der Waals surface area (Å²) in [5.41, 5.74) is 6.82. The summed E-state index contributed by atoms with van der Waals surface area (Å²) in [7, 11) is 0. The summed E-state index contributed by atoms with van der Waals surface area (Å²) in [4.78, 5) is 0. The van der Waals surface area contributed by atoms with E-state index in [1.54, 1.807) is 12.1 Å². The molecule has 1 fully saturated rings. The summed E-state index contributed by atoms with van der Waals surface area (Å²) < 4.78 is 13.8. The molecule has 0 radical (unpaired) electrons. The van der Waals surface area contributed by atoms with E-state index >= 15 is 0 Å². The van der Waals surface area contributed by atoms with Crippen molar-refractivity contribution in [3.63, 3.8) is 0 Å². The molecule has 1 saturated heterocycles. The van der Waals surface area contributed by atoms with Gasteiger partial charge in [0.2, 0.25) is 0 Å². The zero-order valence-electron chi connectivity index (χ0n) is 11.1. The molecule has 1 aromatic rings. The smallest absolute Gasteiger partial charge is 0.127 e. The lowest BCUT2D eigenvalue weighted by Crippen LogP contribution is -2.41. The summed E-state index contributed by atoms with van der Waals surface area (Å²) in [5, 5.41) is 2.09. The van der Waals surface area contributed by atoms with Crippen molar-refractivity contribution in [1.29, 1.82) is 0 Å². The minimum atomic E-state index is -0.252. The fourth-order valence-corrected chi connectivity index (χ4v) is 5.43. The summed E-state index contributed by atoms with van der Waals surface area (Å²) in [5.74, 6) is 0.779. The lowest BCUT2D eigenvalue weighted by Gasteiger charge is -2.34. The summed E-state index contributed by atoms with van der Waals surface area (Å²) in [6.45, 7) is 4.48. The minimum absolute atomic E-state index is 0.0538. The second-order valence-electron chi connectivity index (χ2n) is 4.99. The van der Waals surface area contributed by atoms with Crippen LogP contribution in [0.25, 0.3) is 0 Å². The van der Waals surface area contributed by atoms with E-state index in [1.807, 2.05) is 23.5 Å². The molecule has 0 saturated carbocycles. The number of benzene rings is 1. The molecule has 1 aromatic carbocycles. The van der Waals surface area contributed by atoms with Crippen molar-refractivity contribution < 1.29 is 4.39 Å². The van der Waals surface area contributed by atoms with Crippen LogP contribution in [-0.2, 0) is 6.42 Å². The largest absolute Gasteiger partial charge is 0.326 e. The van der Waals surface area contributed by atoms with E-state index in [-0.39, 0.29) is 11.9 Å². The van der Waals surface area contributed by atoms with E-state index in [4.69, 9.17) is 17.3 Å². The number of hydrogen-bond donors (Lipinski definition) is 1. The van der Waals surface area contributed by atoms with E-state index in [9.17, 15) is 4.39 Å². The first-order chi connectivity index (χ1) is 8.99. The highest BCUT2D eigenvalue weighted by atomic mass is 35.5. The molecule has 106 valence electrons. The van der Waals surface area contributed by atoms with E-state index < -0.39 is 0 Å². The molecule has 0 amide bonds. The second kappa shape index (κ2) is 6.70. The third-order valence-electron chi connectivity index (χ3n) is 3.55. The first-order valence-electron chi connectivity index (χ1n) is 6.44. The zero-order chi connectivity index (χ0) is 14.0. The Hall–Kier alpha value is 0.1000. The van der Waals surface area contributed by atoms with Gasteiger partial charge in [0.15, 0.2) is 0 Å². The van der Waals surface area contributed by atoms with Gasteiger partial charge in [0.1, 0.15) is 5.82 Å². The minimum Gasteiger partial charge on any atom is -0.326 e. The van der Waals surface area contributed by atoms with Gasteiger partial charge in [-0.15, -0.1) is 0 Å². The fraction of sp³-hybridized carbons (Fsp3) is 0.571. The third kappa shape index (κ3) is 3.81. The van der Waals surface area contributed by atoms with Gasteiger partial charge in [0, 0.05) is 38.1 Å². The van der Waals surface area contributed by atoms with Crippen molar-refractivity contribution in [3.05, 3.63) is 34.6 Å². The van der Waals surface area contributed by atoms with Crippen LogP contribution in [0, 0.1) is 5.82 Å². The Morgan fingerprint density at radius 1 is 1.42 bits per heavy atom. The molecule has 0 aliphatic carbocycles. The summed E-state index contributed by atoms with van der Waals surface area (Å²) >= 11 is 9.93. The second-order valence-corrected chi connectivity index (χ2v) is 8.42. The van der Waals surface area contributed by atoms with Crippen molar-refractivity contribution in [2.45, 2.75) is 42.1 Å². The highest BCUT2D eigenvalue weighted by Crippen LogP contribution is 2.37. The maximum atomic E-state index is 13.8. The first kappa shape index (κ1) is 15.5. The van der Waals surface area contributed by atoms with Crippen LogP contribution in [0.15, 0.2) is 18.2 Å². The standard InChI is InChI=1S/C14H19ClFNS2/c1-8-9(2)19-14(7-18-8)13(17)6-10-11(15)4-3-5-12(10)16/h3-5,8-9,13-14H,6-7,17H2,1-2H3. The van der Waals surface area contributed by atoms with Crippen LogP contribution >= 0.6 is 35.1 Å². The maximum Gasteiger partial charge on any atom is 0.127 e. The Labute approximate surface area is 127 Å². The van der Waals surface area contributed by atoms with Crippen molar-refractivity contribution in [1.82, 2.24) is 0 Å². The number of halogens is 2. The van der Waals surface area contributed by atoms with Gasteiger partial charge in [0.25, 0.3) is 0 Å². The Morgan fingerprint density at radius 2 is 2.16 bits per heavy atom. The van der Waals surface area contributed by atoms with E-state index in [0.29, 0.717) is 32.8 Å². The highest BCUT2D eigenvalue weighted by molar-refractivity contribution is 8.07. The topological polar surface area (TPSA) is 26.0 Å². The van der Waals surface area contributed by atoms with Crippen molar-refractivity contribution in [2.24, 2.45) is 5.73 Å². The molecule has 0 bridgehead atoms. The average molecular weight is 320 g/mol. The SMILES string of the molecule is CC1SCC(C(N)Cc2c(F)cccc2Cl)SC1C. The Bertz CT molecular complexity index is 423. The molecular formula is C14H19ClFNS2. The monoisotopic (exact) mass is 319 g/mol. The quantitative estimate of drug-likeness (QED) is 0.912. The molecule has 1 nitrogen and oxygen atoms in total. The first-order valence-corrected chi connectivity index (χ1v) is 8.81. The van der Waals surface area contributed by atoms with Crippen LogP contribution in [0.1, 0.15) is 19.4 Å². The highest BCUT2D eigenvalue weighted by Gasteiger charge is 2.30. The molecular weight excluding hydrogens is 301 g/mol.